The molecule has 0 aliphatic carbocycles. The summed E-state index contributed by atoms with van der Waals surface area (Å²) in [5.74, 6) is 0. The van der Waals surface area contributed by atoms with Gasteiger partial charge in [-0.3, -0.25) is 0 Å². The fourth-order valence-corrected chi connectivity index (χ4v) is 1.49. The Morgan fingerprint density at radius 1 is 1.23 bits per heavy atom. The minimum Gasteiger partial charge on any atom is -0.417 e. The SMILES string of the molecule is C[SiH](C)OC/C=C/c1ccccc1. The highest BCUT2D eigenvalue weighted by molar-refractivity contribution is 6.48. The molecule has 0 aliphatic rings. The van der Waals surface area contributed by atoms with Gasteiger partial charge in [0, 0.05) is 0 Å². The molecule has 1 nitrogen and oxygen atoms in total. The third-order valence-electron chi connectivity index (χ3n) is 1.64. The standard InChI is InChI=1S/C11H16OSi/c1-13(2)12-10-6-9-11-7-4-3-5-8-11/h3-9,13H,10H2,1-2H3/b9-6+. The van der Waals surface area contributed by atoms with Gasteiger partial charge >= 0.3 is 0 Å². The summed E-state index contributed by atoms with van der Waals surface area (Å²) >= 11 is 0. The van der Waals surface area contributed by atoms with Crippen LogP contribution in [0, 0.1) is 0 Å². The molecular formula is C11H16OSi. The average Bonchev–Trinajstić information content (AvgIpc) is 2.14. The Hall–Kier alpha value is -0.863. The van der Waals surface area contributed by atoms with E-state index in [-0.39, 0.29) is 0 Å². The van der Waals surface area contributed by atoms with Crippen molar-refractivity contribution in [1.29, 1.82) is 0 Å². The molecule has 1 aromatic carbocycles. The number of hydrogen-bond donors (Lipinski definition) is 0. The molecule has 2 heteroatoms. The molecule has 0 unspecified atom stereocenters. The van der Waals surface area contributed by atoms with Crippen LogP contribution in [0.3, 0.4) is 0 Å². The van der Waals surface area contributed by atoms with Gasteiger partial charge in [-0.2, -0.15) is 0 Å². The molecule has 0 radical (unpaired) electrons. The third-order valence-corrected chi connectivity index (χ3v) is 2.49. The first-order valence-corrected chi connectivity index (χ1v) is 7.40. The Morgan fingerprint density at radius 3 is 2.54 bits per heavy atom. The van der Waals surface area contributed by atoms with Crippen molar-refractivity contribution in [3.8, 4) is 0 Å². The summed E-state index contributed by atoms with van der Waals surface area (Å²) in [6.45, 7) is 5.10. The van der Waals surface area contributed by atoms with Gasteiger partial charge in [0.15, 0.2) is 9.04 Å². The van der Waals surface area contributed by atoms with Crippen LogP contribution in [-0.2, 0) is 4.43 Å². The van der Waals surface area contributed by atoms with Gasteiger partial charge in [-0.15, -0.1) is 0 Å². The summed E-state index contributed by atoms with van der Waals surface area (Å²) in [5.41, 5.74) is 1.23. The van der Waals surface area contributed by atoms with Crippen LogP contribution < -0.4 is 0 Å². The van der Waals surface area contributed by atoms with Crippen LogP contribution in [-0.4, -0.2) is 15.6 Å². The van der Waals surface area contributed by atoms with E-state index in [4.69, 9.17) is 4.43 Å². The first kappa shape index (κ1) is 10.2. The van der Waals surface area contributed by atoms with E-state index in [1.807, 2.05) is 18.2 Å². The maximum Gasteiger partial charge on any atom is 0.171 e. The van der Waals surface area contributed by atoms with Gasteiger partial charge in [0.25, 0.3) is 0 Å². The molecule has 0 aromatic heterocycles. The molecule has 70 valence electrons. The topological polar surface area (TPSA) is 9.23 Å². The van der Waals surface area contributed by atoms with Crippen molar-refractivity contribution in [3.63, 3.8) is 0 Å². The lowest BCUT2D eigenvalue weighted by atomic mass is 10.2. The molecule has 0 spiro atoms. The summed E-state index contributed by atoms with van der Waals surface area (Å²) < 4.78 is 5.52. The fraction of sp³-hybridized carbons (Fsp3) is 0.273. The van der Waals surface area contributed by atoms with Gasteiger partial charge in [0.05, 0.1) is 6.61 Å². The maximum atomic E-state index is 5.52. The molecule has 0 saturated heterocycles. The van der Waals surface area contributed by atoms with Crippen molar-refractivity contribution in [2.45, 2.75) is 13.1 Å². The quantitative estimate of drug-likeness (QED) is 0.666. The zero-order valence-electron chi connectivity index (χ0n) is 8.23. The summed E-state index contributed by atoms with van der Waals surface area (Å²) in [6.07, 6.45) is 4.17. The van der Waals surface area contributed by atoms with Gasteiger partial charge < -0.3 is 4.43 Å². The van der Waals surface area contributed by atoms with Gasteiger partial charge in [-0.25, -0.2) is 0 Å². The summed E-state index contributed by atoms with van der Waals surface area (Å²) in [6, 6.07) is 10.3. The van der Waals surface area contributed by atoms with E-state index >= 15 is 0 Å². The second kappa shape index (κ2) is 5.73. The monoisotopic (exact) mass is 192 g/mol. The van der Waals surface area contributed by atoms with Crippen molar-refractivity contribution >= 4 is 15.1 Å². The zero-order valence-corrected chi connectivity index (χ0v) is 9.39. The average molecular weight is 192 g/mol. The Balaban J connectivity index is 2.33. The van der Waals surface area contributed by atoms with Crippen LogP contribution in [0.2, 0.25) is 13.1 Å². The number of hydrogen-bond acceptors (Lipinski definition) is 1. The molecule has 0 heterocycles. The molecular weight excluding hydrogens is 176 g/mol. The Morgan fingerprint density at radius 2 is 1.92 bits per heavy atom. The highest BCUT2D eigenvalue weighted by Crippen LogP contribution is 2.00. The first-order valence-electron chi connectivity index (χ1n) is 4.62. The molecule has 1 rings (SSSR count). The summed E-state index contributed by atoms with van der Waals surface area (Å²) in [4.78, 5) is 0. The molecule has 0 atom stereocenters. The maximum absolute atomic E-state index is 5.52. The zero-order chi connectivity index (χ0) is 9.52. The smallest absolute Gasteiger partial charge is 0.171 e. The van der Waals surface area contributed by atoms with Crippen LogP contribution in [0.15, 0.2) is 36.4 Å². The predicted molar refractivity (Wildman–Crippen MR) is 60.3 cm³/mol. The largest absolute Gasteiger partial charge is 0.417 e. The first-order chi connectivity index (χ1) is 6.29. The van der Waals surface area contributed by atoms with E-state index in [2.05, 4.69) is 37.4 Å². The van der Waals surface area contributed by atoms with Crippen LogP contribution in [0.1, 0.15) is 5.56 Å². The van der Waals surface area contributed by atoms with E-state index < -0.39 is 9.04 Å². The van der Waals surface area contributed by atoms with Gasteiger partial charge in [0.1, 0.15) is 0 Å². The van der Waals surface area contributed by atoms with Crippen molar-refractivity contribution in [2.24, 2.45) is 0 Å². The van der Waals surface area contributed by atoms with E-state index in [1.165, 1.54) is 5.56 Å². The molecule has 13 heavy (non-hydrogen) atoms. The van der Waals surface area contributed by atoms with Crippen molar-refractivity contribution < 1.29 is 4.43 Å². The van der Waals surface area contributed by atoms with Gasteiger partial charge in [0.2, 0.25) is 0 Å². The number of benzene rings is 1. The molecule has 0 saturated carbocycles. The summed E-state index contributed by atoms with van der Waals surface area (Å²) in [7, 11) is -0.847. The van der Waals surface area contributed by atoms with Crippen LogP contribution in [0.5, 0.6) is 0 Å². The Bertz CT molecular complexity index is 254. The third kappa shape index (κ3) is 4.65. The van der Waals surface area contributed by atoms with Crippen LogP contribution in [0.4, 0.5) is 0 Å². The van der Waals surface area contributed by atoms with E-state index in [1.54, 1.807) is 0 Å². The highest BCUT2D eigenvalue weighted by Gasteiger charge is 1.90. The highest BCUT2D eigenvalue weighted by atomic mass is 28.3. The number of rotatable bonds is 4. The lowest BCUT2D eigenvalue weighted by molar-refractivity contribution is 0.375. The predicted octanol–water partition coefficient (Wildman–Crippen LogP) is 2.70. The normalized spacial score (nSPS) is 11.3. The minimum atomic E-state index is -0.847. The Labute approximate surface area is 81.8 Å². The van der Waals surface area contributed by atoms with Crippen LogP contribution in [0.25, 0.3) is 6.08 Å². The lowest BCUT2D eigenvalue weighted by Gasteiger charge is -2.01. The Kier molecular flexibility index (Phi) is 4.50. The second-order valence-corrected chi connectivity index (χ2v) is 5.63. The molecule has 0 aliphatic heterocycles. The fourth-order valence-electron chi connectivity index (χ4n) is 0.996. The summed E-state index contributed by atoms with van der Waals surface area (Å²) in [5, 5.41) is 0. The van der Waals surface area contributed by atoms with E-state index in [0.717, 1.165) is 6.61 Å². The molecule has 0 bridgehead atoms. The molecule has 0 N–H and O–H groups in total. The van der Waals surface area contributed by atoms with Gasteiger partial charge in [-0.05, 0) is 18.7 Å². The minimum absolute atomic E-state index is 0.749. The molecule has 0 fully saturated rings. The van der Waals surface area contributed by atoms with Crippen molar-refractivity contribution in [3.05, 3.63) is 42.0 Å². The van der Waals surface area contributed by atoms with E-state index in [0.29, 0.717) is 0 Å². The molecule has 0 amide bonds. The van der Waals surface area contributed by atoms with Gasteiger partial charge in [-0.1, -0.05) is 42.5 Å². The van der Waals surface area contributed by atoms with Crippen molar-refractivity contribution in [1.82, 2.24) is 0 Å². The second-order valence-electron chi connectivity index (χ2n) is 3.20. The van der Waals surface area contributed by atoms with Crippen LogP contribution >= 0.6 is 0 Å². The van der Waals surface area contributed by atoms with Crippen molar-refractivity contribution in [2.75, 3.05) is 6.61 Å². The van der Waals surface area contributed by atoms with E-state index in [9.17, 15) is 0 Å². The lowest BCUT2D eigenvalue weighted by Crippen LogP contribution is -2.06. The molecule has 1 aromatic rings.